The van der Waals surface area contributed by atoms with Crippen molar-refractivity contribution in [2.45, 2.75) is 11.3 Å². The number of carbonyl (C=O) groups is 1. The lowest BCUT2D eigenvalue weighted by atomic mass is 10.4. The van der Waals surface area contributed by atoms with Gasteiger partial charge in [-0.2, -0.15) is 8.78 Å². The molecule has 0 aliphatic rings. The molecule has 0 saturated carbocycles. The van der Waals surface area contributed by atoms with Crippen molar-refractivity contribution < 1.29 is 18.3 Å². The summed E-state index contributed by atoms with van der Waals surface area (Å²) in [5, 5.41) is 0. The summed E-state index contributed by atoms with van der Waals surface area (Å²) in [5.41, 5.74) is 0. The first-order chi connectivity index (χ1) is 4.95. The van der Waals surface area contributed by atoms with Crippen LogP contribution in [0.1, 0.15) is 6.42 Å². The predicted molar refractivity (Wildman–Crippen MR) is 39.6 cm³/mol. The number of ether oxygens (including phenoxy) is 1. The Morgan fingerprint density at radius 2 is 2.27 bits per heavy atom. The molecule has 0 saturated heterocycles. The normalized spacial score (nSPS) is 12.0. The van der Waals surface area contributed by atoms with Crippen LogP contribution in [0.3, 0.4) is 0 Å². The van der Waals surface area contributed by atoms with Crippen LogP contribution in [0.15, 0.2) is 12.2 Å². The Bertz CT molecular complexity index is 162. The molecule has 0 atom stereocenters. The van der Waals surface area contributed by atoms with Gasteiger partial charge in [0.1, 0.15) is 0 Å². The lowest BCUT2D eigenvalue weighted by molar-refractivity contribution is -0.134. The average molecular weight is 229 g/mol. The average Bonchev–Trinajstić information content (AvgIpc) is 1.85. The quantitative estimate of drug-likeness (QED) is 0.420. The van der Waals surface area contributed by atoms with E-state index in [1.54, 1.807) is 0 Å². The van der Waals surface area contributed by atoms with Gasteiger partial charge in [-0.25, -0.2) is 4.79 Å². The van der Waals surface area contributed by atoms with E-state index in [4.69, 9.17) is 0 Å². The lowest BCUT2D eigenvalue weighted by Crippen LogP contribution is -2.02. The summed E-state index contributed by atoms with van der Waals surface area (Å²) in [5.74, 6) is -0.637. The van der Waals surface area contributed by atoms with Crippen LogP contribution in [0.25, 0.3) is 0 Å². The molecule has 0 aliphatic carbocycles. The van der Waals surface area contributed by atoms with E-state index in [-0.39, 0.29) is 0 Å². The van der Waals surface area contributed by atoms with E-state index >= 15 is 0 Å². The van der Waals surface area contributed by atoms with Gasteiger partial charge in [0.25, 0.3) is 0 Å². The molecule has 0 aliphatic heterocycles. The highest BCUT2D eigenvalue weighted by Gasteiger charge is 2.21. The van der Waals surface area contributed by atoms with Crippen LogP contribution in [0.4, 0.5) is 8.78 Å². The van der Waals surface area contributed by atoms with Gasteiger partial charge >= 0.3 is 10.8 Å². The standard InChI is InChI=1S/C6H7BrF2O2/c1-11-5(10)3-2-4-6(7,8)9/h2-3H,4H2,1H3. The topological polar surface area (TPSA) is 26.3 Å². The first kappa shape index (κ1) is 10.6. The molecule has 5 heteroatoms. The van der Waals surface area contributed by atoms with E-state index in [0.29, 0.717) is 0 Å². The number of halogens is 3. The molecule has 0 bridgehead atoms. The Morgan fingerprint density at radius 1 is 1.73 bits per heavy atom. The zero-order valence-corrected chi connectivity index (χ0v) is 7.40. The number of rotatable bonds is 3. The second-order valence-corrected chi connectivity index (χ2v) is 2.91. The monoisotopic (exact) mass is 228 g/mol. The van der Waals surface area contributed by atoms with E-state index in [1.165, 1.54) is 7.11 Å². The minimum atomic E-state index is -2.95. The largest absolute Gasteiger partial charge is 0.466 e. The first-order valence-corrected chi connectivity index (χ1v) is 3.56. The first-order valence-electron chi connectivity index (χ1n) is 2.77. The van der Waals surface area contributed by atoms with Gasteiger partial charge in [-0.1, -0.05) is 6.08 Å². The number of esters is 1. The Hall–Kier alpha value is -0.450. The highest BCUT2D eigenvalue weighted by atomic mass is 79.9. The maximum absolute atomic E-state index is 12.0. The minimum Gasteiger partial charge on any atom is -0.466 e. The van der Waals surface area contributed by atoms with E-state index in [1.807, 2.05) is 0 Å². The molecule has 0 amide bonds. The Balaban J connectivity index is 3.70. The Labute approximate surface area is 71.3 Å². The molecule has 0 fully saturated rings. The fourth-order valence-corrected chi connectivity index (χ4v) is 0.544. The zero-order valence-electron chi connectivity index (χ0n) is 5.81. The summed E-state index contributed by atoms with van der Waals surface area (Å²) in [4.78, 5) is 7.38. The summed E-state index contributed by atoms with van der Waals surface area (Å²) in [7, 11) is 1.18. The van der Waals surface area contributed by atoms with Crippen molar-refractivity contribution in [3.8, 4) is 0 Å². The smallest absolute Gasteiger partial charge is 0.330 e. The SMILES string of the molecule is COC(=O)C=CCC(F)(F)Br. The van der Waals surface area contributed by atoms with Crippen LogP contribution in [0.5, 0.6) is 0 Å². The third-order valence-electron chi connectivity index (χ3n) is 0.804. The van der Waals surface area contributed by atoms with Gasteiger partial charge < -0.3 is 4.74 Å². The van der Waals surface area contributed by atoms with E-state index < -0.39 is 17.2 Å². The van der Waals surface area contributed by atoms with Gasteiger partial charge in [-0.05, 0) is 15.9 Å². The van der Waals surface area contributed by atoms with Crippen molar-refractivity contribution in [3.05, 3.63) is 12.2 Å². The zero-order chi connectivity index (χ0) is 8.91. The Morgan fingerprint density at radius 3 is 2.64 bits per heavy atom. The second-order valence-electron chi connectivity index (χ2n) is 1.74. The third-order valence-corrected chi connectivity index (χ3v) is 1.13. The van der Waals surface area contributed by atoms with Gasteiger partial charge in [0.2, 0.25) is 0 Å². The number of alkyl halides is 3. The molecular weight excluding hydrogens is 222 g/mol. The molecule has 0 N–H and O–H groups in total. The molecule has 0 unspecified atom stereocenters. The number of allylic oxidation sites excluding steroid dienone is 1. The summed E-state index contributed by atoms with van der Waals surface area (Å²) >= 11 is 2.11. The lowest BCUT2D eigenvalue weighted by Gasteiger charge is -2.01. The van der Waals surface area contributed by atoms with Crippen molar-refractivity contribution >= 4 is 21.9 Å². The number of methoxy groups -OCH3 is 1. The molecule has 0 heterocycles. The summed E-state index contributed by atoms with van der Waals surface area (Å²) in [6.45, 7) is 0. The van der Waals surface area contributed by atoms with E-state index in [2.05, 4.69) is 20.7 Å². The van der Waals surface area contributed by atoms with Crippen molar-refractivity contribution in [2.24, 2.45) is 0 Å². The van der Waals surface area contributed by atoms with Gasteiger partial charge in [-0.15, -0.1) is 0 Å². The summed E-state index contributed by atoms with van der Waals surface area (Å²) in [6.07, 6.45) is 1.47. The fraction of sp³-hybridized carbons (Fsp3) is 0.500. The van der Waals surface area contributed by atoms with Crippen molar-refractivity contribution in [1.82, 2.24) is 0 Å². The van der Waals surface area contributed by atoms with Crippen molar-refractivity contribution in [3.63, 3.8) is 0 Å². The van der Waals surface area contributed by atoms with E-state index in [9.17, 15) is 13.6 Å². The summed E-state index contributed by atoms with van der Waals surface area (Å²) in [6, 6.07) is 0. The van der Waals surface area contributed by atoms with Crippen LogP contribution < -0.4 is 0 Å². The molecular formula is C6H7BrF2O2. The van der Waals surface area contributed by atoms with Gasteiger partial charge in [0, 0.05) is 12.5 Å². The molecule has 64 valence electrons. The van der Waals surface area contributed by atoms with Crippen LogP contribution in [-0.4, -0.2) is 17.9 Å². The number of carbonyl (C=O) groups excluding carboxylic acids is 1. The van der Waals surface area contributed by atoms with Crippen molar-refractivity contribution in [1.29, 1.82) is 0 Å². The number of hydrogen-bond acceptors (Lipinski definition) is 2. The highest BCUT2D eigenvalue weighted by Crippen LogP contribution is 2.25. The molecule has 0 aromatic carbocycles. The maximum Gasteiger partial charge on any atom is 0.330 e. The van der Waals surface area contributed by atoms with E-state index in [0.717, 1.165) is 12.2 Å². The van der Waals surface area contributed by atoms with Crippen LogP contribution in [-0.2, 0) is 9.53 Å². The van der Waals surface area contributed by atoms with Crippen LogP contribution in [0, 0.1) is 0 Å². The molecule has 0 aromatic heterocycles. The maximum atomic E-state index is 12.0. The highest BCUT2D eigenvalue weighted by molar-refractivity contribution is 9.10. The Kier molecular flexibility index (Phi) is 4.25. The number of hydrogen-bond donors (Lipinski definition) is 0. The molecule has 0 spiro atoms. The van der Waals surface area contributed by atoms with Crippen LogP contribution >= 0.6 is 15.9 Å². The van der Waals surface area contributed by atoms with Gasteiger partial charge in [0.15, 0.2) is 0 Å². The van der Waals surface area contributed by atoms with Gasteiger partial charge in [0.05, 0.1) is 7.11 Å². The third kappa shape index (κ3) is 7.45. The predicted octanol–water partition coefficient (Wildman–Crippen LogP) is 2.09. The van der Waals surface area contributed by atoms with Crippen LogP contribution in [0.2, 0.25) is 0 Å². The molecule has 11 heavy (non-hydrogen) atoms. The molecule has 0 rings (SSSR count). The van der Waals surface area contributed by atoms with Gasteiger partial charge in [-0.3, -0.25) is 0 Å². The molecule has 0 aromatic rings. The van der Waals surface area contributed by atoms with Crippen molar-refractivity contribution in [2.75, 3.05) is 7.11 Å². The fourth-order valence-electron chi connectivity index (χ4n) is 0.357. The second kappa shape index (κ2) is 4.43. The minimum absolute atomic E-state index is 0.526. The molecule has 2 nitrogen and oxygen atoms in total. The summed E-state index contributed by atoms with van der Waals surface area (Å²) < 4.78 is 28.2. The molecule has 0 radical (unpaired) electrons.